The molecule has 4 heterocycles. The maximum Gasteiger partial charge on any atom is 0.252 e. The summed E-state index contributed by atoms with van der Waals surface area (Å²) in [6, 6.07) is 86.4. The van der Waals surface area contributed by atoms with Crippen LogP contribution in [0.4, 0.5) is 39.8 Å². The molecule has 0 fully saturated rings. The van der Waals surface area contributed by atoms with Gasteiger partial charge in [0, 0.05) is 61.2 Å². The summed E-state index contributed by atoms with van der Waals surface area (Å²) < 4.78 is 4.83. The van der Waals surface area contributed by atoms with E-state index in [9.17, 15) is 0 Å². The van der Waals surface area contributed by atoms with E-state index in [0.29, 0.717) is 5.69 Å². The van der Waals surface area contributed by atoms with E-state index in [2.05, 4.69) is 331 Å². The highest BCUT2D eigenvalue weighted by atomic mass is 15.2. The van der Waals surface area contributed by atoms with Gasteiger partial charge in [0.25, 0.3) is 6.71 Å². The lowest BCUT2D eigenvalue weighted by Crippen LogP contribution is -2.61. The van der Waals surface area contributed by atoms with Crippen molar-refractivity contribution in [1.82, 2.24) is 9.13 Å². The molecular weight excluding hydrogens is 1080 g/mol. The van der Waals surface area contributed by atoms with Crippen LogP contribution in [0.3, 0.4) is 0 Å². The number of rotatable bonds is 6. The lowest BCUT2D eigenvalue weighted by molar-refractivity contribution is 0.568. The topological polar surface area (TPSA) is 20.7 Å². The molecule has 0 aliphatic carbocycles. The molecule has 0 saturated heterocycles. The predicted molar refractivity (Wildman–Crippen MR) is 381 cm³/mol. The van der Waals surface area contributed by atoms with Gasteiger partial charge in [-0.15, -0.1) is 0 Å². The van der Waals surface area contributed by atoms with Crippen molar-refractivity contribution < 1.29 is 0 Å². The first kappa shape index (κ1) is 55.7. The molecule has 2 aromatic heterocycles. The number of benzene rings is 11. The number of fused-ring (bicyclic) bond motifs is 10. The Kier molecular flexibility index (Phi) is 12.6. The molecule has 0 saturated carbocycles. The summed E-state index contributed by atoms with van der Waals surface area (Å²) in [4.78, 5) is 9.24. The van der Waals surface area contributed by atoms with E-state index < -0.39 is 0 Å². The third-order valence-electron chi connectivity index (χ3n) is 19.1. The molecule has 15 rings (SSSR count). The Balaban J connectivity index is 0.999. The second-order valence-electron chi connectivity index (χ2n) is 29.0. The minimum absolute atomic E-state index is 0.0267. The lowest BCUT2D eigenvalue weighted by Gasteiger charge is -2.45. The van der Waals surface area contributed by atoms with Crippen LogP contribution in [0.1, 0.15) is 105 Å². The largest absolute Gasteiger partial charge is 0.311 e. The van der Waals surface area contributed by atoms with Crippen molar-refractivity contribution >= 4 is 107 Å². The van der Waals surface area contributed by atoms with E-state index in [1.807, 2.05) is 6.07 Å². The van der Waals surface area contributed by atoms with E-state index in [-0.39, 0.29) is 28.4 Å². The third kappa shape index (κ3) is 9.03. The van der Waals surface area contributed by atoms with Crippen molar-refractivity contribution in [3.05, 3.63) is 264 Å². The Labute approximate surface area is 525 Å². The van der Waals surface area contributed by atoms with Gasteiger partial charge >= 0.3 is 0 Å². The van der Waals surface area contributed by atoms with Crippen molar-refractivity contribution in [1.29, 1.82) is 0 Å². The van der Waals surface area contributed by atoms with Crippen LogP contribution in [0.15, 0.2) is 231 Å². The number of anilines is 6. The van der Waals surface area contributed by atoms with Gasteiger partial charge in [-0.25, -0.2) is 4.85 Å². The fourth-order valence-corrected chi connectivity index (χ4v) is 14.3. The van der Waals surface area contributed by atoms with Gasteiger partial charge in [-0.2, -0.15) is 0 Å². The number of hydrogen-bond donors (Lipinski definition) is 0. The molecular formula is C83H74BN5. The fourth-order valence-electron chi connectivity index (χ4n) is 14.3. The SMILES string of the molecule is [C-]#[N+]c1ccc(-n2c3ccccc3c3ccccc32)c(-c2ccccc2-n2c3ccccc3c3cc(-c4cc5c6c(c4)N(c4cc(C(C)(C)C)cc(C(C)(C)C)c4)c4ccccc4B6c4ccccc4N5c4cc(C(C)(C)C)cc(C(C)(C)C)c4)ccc32)c1. The second-order valence-corrected chi connectivity index (χ2v) is 29.0. The van der Waals surface area contributed by atoms with Crippen LogP contribution in [0, 0.1) is 6.57 Å². The molecule has 89 heavy (non-hydrogen) atoms. The molecule has 434 valence electrons. The van der Waals surface area contributed by atoms with Gasteiger partial charge in [-0.1, -0.05) is 217 Å². The zero-order chi connectivity index (χ0) is 61.6. The minimum Gasteiger partial charge on any atom is -0.311 e. The van der Waals surface area contributed by atoms with E-state index in [1.54, 1.807) is 0 Å². The van der Waals surface area contributed by atoms with E-state index >= 15 is 0 Å². The van der Waals surface area contributed by atoms with E-state index in [1.165, 1.54) is 94.3 Å². The quantitative estimate of drug-likeness (QED) is 0.122. The Hall–Kier alpha value is -9.83. The van der Waals surface area contributed by atoms with Gasteiger partial charge in [0.15, 0.2) is 5.69 Å². The number of para-hydroxylation sites is 6. The molecule has 6 heteroatoms. The summed E-state index contributed by atoms with van der Waals surface area (Å²) in [5.41, 5.74) is 27.3. The summed E-state index contributed by atoms with van der Waals surface area (Å²) in [5.74, 6) is 0. The van der Waals surface area contributed by atoms with Gasteiger partial charge in [-0.05, 0) is 174 Å². The average Bonchev–Trinajstić information content (AvgIpc) is 1.36. The first-order valence-electron chi connectivity index (χ1n) is 31.6. The van der Waals surface area contributed by atoms with Crippen LogP contribution in [-0.4, -0.2) is 15.8 Å². The molecule has 0 bridgehead atoms. The smallest absolute Gasteiger partial charge is 0.252 e. The van der Waals surface area contributed by atoms with Crippen LogP contribution in [-0.2, 0) is 21.7 Å². The van der Waals surface area contributed by atoms with Crippen LogP contribution in [0.25, 0.3) is 82.1 Å². The van der Waals surface area contributed by atoms with Gasteiger partial charge in [0.2, 0.25) is 0 Å². The molecule has 0 amide bonds. The highest BCUT2D eigenvalue weighted by Crippen LogP contribution is 2.50. The molecule has 2 aliphatic heterocycles. The molecule has 11 aromatic carbocycles. The fraction of sp³-hybridized carbons (Fsp3) is 0.193. The highest BCUT2D eigenvalue weighted by molar-refractivity contribution is 7.00. The molecule has 0 unspecified atom stereocenters. The molecule has 0 N–H and O–H groups in total. The molecule has 5 nitrogen and oxygen atoms in total. The lowest BCUT2D eigenvalue weighted by atomic mass is 9.33. The average molecular weight is 1150 g/mol. The van der Waals surface area contributed by atoms with Gasteiger partial charge in [-0.3, -0.25) is 0 Å². The number of hydrogen-bond acceptors (Lipinski definition) is 2. The molecule has 0 spiro atoms. The summed E-state index contributed by atoms with van der Waals surface area (Å²) in [6.07, 6.45) is 0. The third-order valence-corrected chi connectivity index (χ3v) is 19.1. The normalized spacial score (nSPS) is 13.3. The van der Waals surface area contributed by atoms with Crippen LogP contribution >= 0.6 is 0 Å². The van der Waals surface area contributed by atoms with Crippen molar-refractivity contribution in [2.24, 2.45) is 0 Å². The van der Waals surface area contributed by atoms with E-state index in [0.717, 1.165) is 55.7 Å². The summed E-state index contributed by atoms with van der Waals surface area (Å²) >= 11 is 0. The molecule has 0 atom stereocenters. The van der Waals surface area contributed by atoms with Gasteiger partial charge in [0.1, 0.15) is 0 Å². The predicted octanol–water partition coefficient (Wildman–Crippen LogP) is 21.0. The maximum atomic E-state index is 8.30. The summed E-state index contributed by atoms with van der Waals surface area (Å²) in [6.45, 7) is 36.4. The number of aromatic nitrogens is 2. The van der Waals surface area contributed by atoms with Gasteiger partial charge in [0.05, 0.1) is 40.0 Å². The van der Waals surface area contributed by atoms with Crippen LogP contribution < -0.4 is 26.2 Å². The van der Waals surface area contributed by atoms with Crippen molar-refractivity contribution in [3.8, 4) is 33.6 Å². The standard InChI is InChI=1S/C83H74BN5/c1-80(2,3)54-45-55(81(4,5)6)48-59(47-54)86-75-36-24-18-30-67(75)84-68-31-19-25-37-76(68)87(60-49-56(82(7,8)9)46-57(50-60)83(10,11)12)78-44-53(43-77(86)79(78)84)52-38-40-73-65(42-52)63-28-16-22-34-71(63)89(73)72-35-23-17-29-64(72)66-51-58(85-13)39-41-74(66)88-69-32-20-14-26-61(69)62-27-15-21-33-70(62)88/h14-51H,1-12H3. The van der Waals surface area contributed by atoms with Crippen molar-refractivity contribution in [2.45, 2.75) is 105 Å². The van der Waals surface area contributed by atoms with Crippen molar-refractivity contribution in [2.75, 3.05) is 9.80 Å². The first-order valence-corrected chi connectivity index (χ1v) is 31.6. The zero-order valence-electron chi connectivity index (χ0n) is 53.3. The first-order chi connectivity index (χ1) is 42.6. The molecule has 2 aliphatic rings. The highest BCUT2D eigenvalue weighted by Gasteiger charge is 2.44. The van der Waals surface area contributed by atoms with Crippen LogP contribution in [0.5, 0.6) is 0 Å². The minimum atomic E-state index is -0.0980. The van der Waals surface area contributed by atoms with Crippen molar-refractivity contribution in [3.63, 3.8) is 0 Å². The Morgan fingerprint density at radius 2 is 0.708 bits per heavy atom. The monoisotopic (exact) mass is 1150 g/mol. The molecule has 13 aromatic rings. The Morgan fingerprint density at radius 3 is 1.17 bits per heavy atom. The zero-order valence-corrected chi connectivity index (χ0v) is 53.3. The summed E-state index contributed by atoms with van der Waals surface area (Å²) in [5, 5.41) is 4.73. The Bertz CT molecular complexity index is 4850. The van der Waals surface area contributed by atoms with Crippen LogP contribution in [0.2, 0.25) is 0 Å². The Morgan fingerprint density at radius 1 is 0.315 bits per heavy atom. The molecule has 0 radical (unpaired) electrons. The number of nitrogens with zero attached hydrogens (tertiary/aromatic N) is 5. The van der Waals surface area contributed by atoms with E-state index in [4.69, 9.17) is 6.57 Å². The second kappa shape index (κ2) is 20.1. The van der Waals surface area contributed by atoms with Gasteiger partial charge < -0.3 is 18.9 Å². The summed E-state index contributed by atoms with van der Waals surface area (Å²) in [7, 11) is 0. The maximum absolute atomic E-state index is 8.30.